The average molecular weight is 207 g/mol. The lowest BCUT2D eigenvalue weighted by molar-refractivity contribution is -0.113. The van der Waals surface area contributed by atoms with Crippen molar-refractivity contribution in [3.63, 3.8) is 0 Å². The lowest BCUT2D eigenvalue weighted by atomic mass is 10.3. The Labute approximate surface area is 78.1 Å². The first kappa shape index (κ1) is 9.92. The summed E-state index contributed by atoms with van der Waals surface area (Å²) in [5.41, 5.74) is 0. The molecule has 5 heteroatoms. The highest BCUT2D eigenvalue weighted by Gasteiger charge is 2.02. The van der Waals surface area contributed by atoms with Gasteiger partial charge >= 0.3 is 0 Å². The number of carbonyl (C=O) groups excluding carboxylic acids is 1. The van der Waals surface area contributed by atoms with Gasteiger partial charge in [-0.3, -0.25) is 4.79 Å². The highest BCUT2D eigenvalue weighted by molar-refractivity contribution is 6.63. The van der Waals surface area contributed by atoms with E-state index in [2.05, 4.69) is 4.74 Å². The van der Waals surface area contributed by atoms with Crippen LogP contribution >= 0.6 is 11.6 Å². The van der Waals surface area contributed by atoms with E-state index in [1.165, 1.54) is 0 Å². The monoisotopic (exact) mass is 206 g/mol. The molecule has 2 nitrogen and oxygen atoms in total. The highest BCUT2D eigenvalue weighted by atomic mass is 35.5. The molecule has 0 unspecified atom stereocenters. The van der Waals surface area contributed by atoms with E-state index < -0.39 is 23.5 Å². The summed E-state index contributed by atoms with van der Waals surface area (Å²) >= 11 is 4.96. The Hall–Kier alpha value is -1.16. The molecule has 0 heterocycles. The highest BCUT2D eigenvalue weighted by Crippen LogP contribution is 2.15. The van der Waals surface area contributed by atoms with Crippen molar-refractivity contribution in [1.82, 2.24) is 0 Å². The number of rotatable bonds is 3. The van der Waals surface area contributed by atoms with Gasteiger partial charge in [0.15, 0.2) is 6.61 Å². The molecule has 0 radical (unpaired) electrons. The Morgan fingerprint density at radius 2 is 1.85 bits per heavy atom. The van der Waals surface area contributed by atoms with Gasteiger partial charge < -0.3 is 4.74 Å². The molecule has 0 atom stereocenters. The molecule has 70 valence electrons. The molecule has 1 aromatic carbocycles. The summed E-state index contributed by atoms with van der Waals surface area (Å²) < 4.78 is 29.7. The average Bonchev–Trinajstić information content (AvgIpc) is 1.99. The molecular formula is C8H5ClF2O2. The van der Waals surface area contributed by atoms with E-state index >= 15 is 0 Å². The molecule has 0 bridgehead atoms. The fourth-order valence-corrected chi connectivity index (χ4v) is 0.806. The minimum atomic E-state index is -0.767. The van der Waals surface area contributed by atoms with Gasteiger partial charge in [0, 0.05) is 18.2 Å². The van der Waals surface area contributed by atoms with Crippen molar-refractivity contribution < 1.29 is 18.3 Å². The van der Waals surface area contributed by atoms with Crippen molar-refractivity contribution in [3.05, 3.63) is 29.8 Å². The number of hydrogen-bond donors (Lipinski definition) is 0. The van der Waals surface area contributed by atoms with E-state index in [9.17, 15) is 13.6 Å². The summed E-state index contributed by atoms with van der Waals surface area (Å²) in [6.07, 6.45) is 0. The third kappa shape index (κ3) is 3.38. The minimum absolute atomic E-state index is 0.0634. The standard InChI is InChI=1S/C8H5ClF2O2/c9-8(12)4-13-7-2-5(10)1-6(11)3-7/h1-3H,4H2. The second-order valence-corrected chi connectivity index (χ2v) is 2.67. The normalized spacial score (nSPS) is 9.77. The summed E-state index contributed by atoms with van der Waals surface area (Å²) in [5.74, 6) is -1.60. The zero-order valence-electron chi connectivity index (χ0n) is 6.39. The Morgan fingerprint density at radius 3 is 2.31 bits per heavy atom. The maximum Gasteiger partial charge on any atom is 0.259 e. The molecule has 0 aromatic heterocycles. The molecular weight excluding hydrogens is 202 g/mol. The molecule has 13 heavy (non-hydrogen) atoms. The molecule has 0 saturated heterocycles. The fraction of sp³-hybridized carbons (Fsp3) is 0.125. The second kappa shape index (κ2) is 4.18. The molecule has 1 aromatic rings. The van der Waals surface area contributed by atoms with Crippen LogP contribution in [0.1, 0.15) is 0 Å². The van der Waals surface area contributed by atoms with E-state index in [4.69, 9.17) is 11.6 Å². The number of carbonyl (C=O) groups is 1. The number of halogens is 3. The number of benzene rings is 1. The van der Waals surface area contributed by atoms with Gasteiger partial charge in [0.25, 0.3) is 5.24 Å². The maximum atomic E-state index is 12.5. The van der Waals surface area contributed by atoms with E-state index in [1.807, 2.05) is 0 Å². The van der Waals surface area contributed by atoms with Gasteiger partial charge in [-0.05, 0) is 11.6 Å². The van der Waals surface area contributed by atoms with Crippen molar-refractivity contribution in [2.24, 2.45) is 0 Å². The van der Waals surface area contributed by atoms with Gasteiger partial charge in [-0.1, -0.05) is 0 Å². The van der Waals surface area contributed by atoms with Crippen LogP contribution in [0.5, 0.6) is 5.75 Å². The third-order valence-electron chi connectivity index (χ3n) is 1.19. The lowest BCUT2D eigenvalue weighted by Gasteiger charge is -2.02. The number of ether oxygens (including phenoxy) is 1. The molecule has 0 aliphatic carbocycles. The predicted molar refractivity (Wildman–Crippen MR) is 42.7 cm³/mol. The second-order valence-electron chi connectivity index (χ2n) is 2.25. The van der Waals surface area contributed by atoms with Crippen molar-refractivity contribution >= 4 is 16.8 Å². The van der Waals surface area contributed by atoms with Crippen LogP contribution in [0.2, 0.25) is 0 Å². The minimum Gasteiger partial charge on any atom is -0.484 e. The van der Waals surface area contributed by atoms with Gasteiger partial charge in [0.05, 0.1) is 0 Å². The van der Waals surface area contributed by atoms with Crippen LogP contribution in [0.15, 0.2) is 18.2 Å². The molecule has 0 saturated carbocycles. The Kier molecular flexibility index (Phi) is 3.19. The van der Waals surface area contributed by atoms with E-state index in [0.717, 1.165) is 12.1 Å². The van der Waals surface area contributed by atoms with Gasteiger partial charge in [-0.25, -0.2) is 8.78 Å². The van der Waals surface area contributed by atoms with Crippen LogP contribution < -0.4 is 4.74 Å². The van der Waals surface area contributed by atoms with E-state index in [-0.39, 0.29) is 5.75 Å². The predicted octanol–water partition coefficient (Wildman–Crippen LogP) is 2.11. The Balaban J connectivity index is 2.71. The smallest absolute Gasteiger partial charge is 0.259 e. The maximum absolute atomic E-state index is 12.5. The fourth-order valence-electron chi connectivity index (χ4n) is 0.752. The molecule has 0 fully saturated rings. The van der Waals surface area contributed by atoms with Crippen LogP contribution in [0.3, 0.4) is 0 Å². The van der Waals surface area contributed by atoms with Crippen LogP contribution in [-0.2, 0) is 4.79 Å². The summed E-state index contributed by atoms with van der Waals surface area (Å²) in [7, 11) is 0. The van der Waals surface area contributed by atoms with Gasteiger partial charge in [-0.2, -0.15) is 0 Å². The summed E-state index contributed by atoms with van der Waals surface area (Å²) in [6, 6.07) is 2.63. The molecule has 0 N–H and O–H groups in total. The first-order valence-corrected chi connectivity index (χ1v) is 3.73. The van der Waals surface area contributed by atoms with Crippen molar-refractivity contribution in [3.8, 4) is 5.75 Å². The van der Waals surface area contributed by atoms with Crippen molar-refractivity contribution in [1.29, 1.82) is 0 Å². The Morgan fingerprint density at radius 1 is 1.31 bits per heavy atom. The SMILES string of the molecule is O=C(Cl)COc1cc(F)cc(F)c1. The Bertz CT molecular complexity index is 308. The van der Waals surface area contributed by atoms with Crippen LogP contribution in [0, 0.1) is 11.6 Å². The summed E-state index contributed by atoms with van der Waals surface area (Å²) in [5, 5.41) is -0.732. The topological polar surface area (TPSA) is 26.3 Å². The van der Waals surface area contributed by atoms with E-state index in [0.29, 0.717) is 6.07 Å². The summed E-state index contributed by atoms with van der Waals surface area (Å²) in [4.78, 5) is 10.2. The van der Waals surface area contributed by atoms with Crippen LogP contribution in [0.4, 0.5) is 8.78 Å². The van der Waals surface area contributed by atoms with E-state index in [1.54, 1.807) is 0 Å². The molecule has 0 spiro atoms. The largest absolute Gasteiger partial charge is 0.484 e. The van der Waals surface area contributed by atoms with Gasteiger partial charge in [0.1, 0.15) is 17.4 Å². The van der Waals surface area contributed by atoms with Crippen molar-refractivity contribution in [2.75, 3.05) is 6.61 Å². The first-order chi connectivity index (χ1) is 6.08. The molecule has 0 aliphatic rings. The van der Waals surface area contributed by atoms with Gasteiger partial charge in [-0.15, -0.1) is 0 Å². The quantitative estimate of drug-likeness (QED) is 0.708. The zero-order valence-corrected chi connectivity index (χ0v) is 7.15. The third-order valence-corrected chi connectivity index (χ3v) is 1.30. The number of hydrogen-bond acceptors (Lipinski definition) is 2. The summed E-state index contributed by atoms with van der Waals surface area (Å²) in [6.45, 7) is -0.412. The van der Waals surface area contributed by atoms with Crippen LogP contribution in [0.25, 0.3) is 0 Å². The molecule has 1 rings (SSSR count). The van der Waals surface area contributed by atoms with Gasteiger partial charge in [0.2, 0.25) is 0 Å². The lowest BCUT2D eigenvalue weighted by Crippen LogP contribution is -2.04. The molecule has 0 aliphatic heterocycles. The van der Waals surface area contributed by atoms with Crippen LogP contribution in [-0.4, -0.2) is 11.8 Å². The first-order valence-electron chi connectivity index (χ1n) is 3.35. The zero-order chi connectivity index (χ0) is 9.84. The molecule has 0 amide bonds. The van der Waals surface area contributed by atoms with Crippen molar-refractivity contribution in [2.45, 2.75) is 0 Å².